The van der Waals surface area contributed by atoms with Gasteiger partial charge in [0.2, 0.25) is 35.4 Å². The molecule has 0 aliphatic heterocycles. The minimum Gasteiger partial charge on any atom is -0.508 e. The molecule has 12 N–H and O–H groups in total. The first kappa shape index (κ1) is 43.5. The van der Waals surface area contributed by atoms with Crippen LogP contribution in [0.4, 0.5) is 0 Å². The molecule has 0 radical (unpaired) electrons. The van der Waals surface area contributed by atoms with E-state index in [1.807, 2.05) is 0 Å². The number of rotatable bonds is 20. The molecule has 0 saturated carbocycles. The van der Waals surface area contributed by atoms with Crippen molar-refractivity contribution in [2.75, 3.05) is 0 Å². The number of hydrogen-bond donors (Lipinski definition) is 10. The van der Waals surface area contributed by atoms with Crippen LogP contribution in [0.3, 0.4) is 0 Å². The molecule has 0 spiro atoms. The van der Waals surface area contributed by atoms with Crippen molar-refractivity contribution in [1.29, 1.82) is 0 Å². The van der Waals surface area contributed by atoms with Gasteiger partial charge in [0.15, 0.2) is 0 Å². The van der Waals surface area contributed by atoms with Crippen molar-refractivity contribution < 1.29 is 48.9 Å². The molecule has 2 aromatic rings. The van der Waals surface area contributed by atoms with Crippen LogP contribution in [0.25, 0.3) is 0 Å². The molecule has 0 bridgehead atoms. The minimum absolute atomic E-state index is 0.0420. The van der Waals surface area contributed by atoms with E-state index in [9.17, 15) is 48.9 Å². The summed E-state index contributed by atoms with van der Waals surface area (Å²) < 4.78 is 0. The zero-order valence-corrected chi connectivity index (χ0v) is 30.4. The van der Waals surface area contributed by atoms with Gasteiger partial charge in [-0.3, -0.25) is 33.6 Å². The molecule has 6 atom stereocenters. The lowest BCUT2D eigenvalue weighted by molar-refractivity contribution is -0.142. The Morgan fingerprint density at radius 1 is 0.585 bits per heavy atom. The average Bonchev–Trinajstić information content (AvgIpc) is 3.08. The molecule has 0 saturated heterocycles. The molecule has 0 aromatic heterocycles. The predicted octanol–water partition coefficient (Wildman–Crippen LogP) is -0.684. The predicted molar refractivity (Wildman–Crippen MR) is 193 cm³/mol. The molecule has 6 amide bonds. The van der Waals surface area contributed by atoms with E-state index in [0.29, 0.717) is 11.1 Å². The van der Waals surface area contributed by atoms with Gasteiger partial charge in [0.1, 0.15) is 41.7 Å². The molecule has 17 nitrogen and oxygen atoms in total. The standard InChI is InChI=1S/C36H51N7O10/c1-18(2)29(34(50)39-20(5)36(52)53)43-33(49)27(17-22-8-12-24(45)13-9-22)41-32(48)26(14-15-28(38)46)40-35(51)30(19(3)4)42-31(47)25(37)16-21-6-10-23(44)11-7-21/h6-13,18-20,25-27,29-30,44-45H,14-17,37H2,1-5H3,(H2,38,46)(H,39,50)(H,40,51)(H,41,48)(H,42,47)(H,43,49)(H,52,53)/t20-,25+,26+,27+,29+,30+/m1/s1. The Balaban J connectivity index is 2.33. The fourth-order valence-electron chi connectivity index (χ4n) is 5.09. The largest absolute Gasteiger partial charge is 0.508 e. The average molecular weight is 742 g/mol. The minimum atomic E-state index is -1.42. The third-order valence-corrected chi connectivity index (χ3v) is 8.27. The Labute approximate surface area is 307 Å². The van der Waals surface area contributed by atoms with E-state index >= 15 is 0 Å². The quantitative estimate of drug-likeness (QED) is 0.0811. The number of amides is 6. The highest BCUT2D eigenvalue weighted by Crippen LogP contribution is 2.14. The number of nitrogens with two attached hydrogens (primary N) is 2. The second-order valence-electron chi connectivity index (χ2n) is 13.5. The molecule has 290 valence electrons. The van der Waals surface area contributed by atoms with E-state index in [0.717, 1.165) is 0 Å². The Bertz CT molecular complexity index is 1600. The highest BCUT2D eigenvalue weighted by Gasteiger charge is 2.34. The molecule has 0 aliphatic rings. The number of benzene rings is 2. The van der Waals surface area contributed by atoms with Crippen molar-refractivity contribution in [3.63, 3.8) is 0 Å². The van der Waals surface area contributed by atoms with Crippen LogP contribution in [0.1, 0.15) is 58.6 Å². The van der Waals surface area contributed by atoms with Crippen LogP contribution >= 0.6 is 0 Å². The molecule has 0 heterocycles. The van der Waals surface area contributed by atoms with Crippen molar-refractivity contribution in [2.24, 2.45) is 23.3 Å². The van der Waals surface area contributed by atoms with Crippen LogP contribution in [0, 0.1) is 11.8 Å². The fraction of sp³-hybridized carbons (Fsp3) is 0.472. The zero-order chi connectivity index (χ0) is 40.0. The van der Waals surface area contributed by atoms with Gasteiger partial charge in [-0.1, -0.05) is 52.0 Å². The van der Waals surface area contributed by atoms with E-state index in [1.54, 1.807) is 39.8 Å². The monoisotopic (exact) mass is 741 g/mol. The number of primary amides is 1. The van der Waals surface area contributed by atoms with E-state index in [4.69, 9.17) is 11.5 Å². The van der Waals surface area contributed by atoms with Gasteiger partial charge < -0.3 is 53.4 Å². The third-order valence-electron chi connectivity index (χ3n) is 8.27. The zero-order valence-electron chi connectivity index (χ0n) is 30.4. The summed E-state index contributed by atoms with van der Waals surface area (Å²) in [5.74, 6) is -6.98. The van der Waals surface area contributed by atoms with E-state index in [-0.39, 0.29) is 37.2 Å². The molecule has 2 rings (SSSR count). The second-order valence-corrected chi connectivity index (χ2v) is 13.5. The summed E-state index contributed by atoms with van der Waals surface area (Å²) in [7, 11) is 0. The number of phenolic OH excluding ortho intramolecular Hbond substituents is 2. The van der Waals surface area contributed by atoms with Crippen LogP contribution in [-0.4, -0.2) is 93.0 Å². The lowest BCUT2D eigenvalue weighted by atomic mass is 9.99. The lowest BCUT2D eigenvalue weighted by Gasteiger charge is -2.28. The van der Waals surface area contributed by atoms with Crippen LogP contribution in [0.15, 0.2) is 48.5 Å². The Hall–Kier alpha value is -5.71. The summed E-state index contributed by atoms with van der Waals surface area (Å²) in [5, 5.41) is 41.1. The van der Waals surface area contributed by atoms with Crippen molar-refractivity contribution in [1.82, 2.24) is 26.6 Å². The summed E-state index contributed by atoms with van der Waals surface area (Å²) in [6.45, 7) is 7.83. The number of aromatic hydroxyl groups is 2. The maximum absolute atomic E-state index is 13.8. The van der Waals surface area contributed by atoms with Crippen LogP contribution in [0.2, 0.25) is 0 Å². The third kappa shape index (κ3) is 14.4. The topological polar surface area (TPSA) is 292 Å². The van der Waals surface area contributed by atoms with Crippen LogP contribution in [0.5, 0.6) is 11.5 Å². The van der Waals surface area contributed by atoms with E-state index in [2.05, 4.69) is 26.6 Å². The normalized spacial score (nSPS) is 14.5. The molecular formula is C36H51N7O10. The SMILES string of the molecule is CC(C)[C@H](NC(=O)[C@H](Cc1ccc(O)cc1)NC(=O)[C@H](CCC(N)=O)NC(=O)[C@@H](NC(=O)[C@@H](N)Cc1ccc(O)cc1)C(C)C)C(=O)N[C@H](C)C(=O)O. The number of phenols is 2. The van der Waals surface area contributed by atoms with Crippen molar-refractivity contribution >= 4 is 41.4 Å². The van der Waals surface area contributed by atoms with Gasteiger partial charge in [-0.25, -0.2) is 0 Å². The Morgan fingerprint density at radius 3 is 1.45 bits per heavy atom. The Kier molecular flexibility index (Phi) is 16.7. The van der Waals surface area contributed by atoms with E-state index in [1.165, 1.54) is 43.3 Å². The fourth-order valence-corrected chi connectivity index (χ4v) is 5.09. The number of hydrogen-bond acceptors (Lipinski definition) is 10. The summed E-state index contributed by atoms with van der Waals surface area (Å²) in [6.07, 6.45) is -0.648. The smallest absolute Gasteiger partial charge is 0.325 e. The van der Waals surface area contributed by atoms with Gasteiger partial charge in [-0.05, 0) is 67.0 Å². The molecule has 2 aromatic carbocycles. The summed E-state index contributed by atoms with van der Waals surface area (Å²) in [5.41, 5.74) is 12.6. The van der Waals surface area contributed by atoms with Gasteiger partial charge in [0.05, 0.1) is 6.04 Å². The van der Waals surface area contributed by atoms with Crippen molar-refractivity contribution in [3.05, 3.63) is 59.7 Å². The van der Waals surface area contributed by atoms with Crippen molar-refractivity contribution in [2.45, 2.75) is 96.6 Å². The van der Waals surface area contributed by atoms with Gasteiger partial charge in [0.25, 0.3) is 0 Å². The molecule has 17 heteroatoms. The first-order chi connectivity index (χ1) is 24.8. The summed E-state index contributed by atoms with van der Waals surface area (Å²) in [6, 6.07) is 4.38. The molecule has 0 fully saturated rings. The second kappa shape index (κ2) is 20.4. The van der Waals surface area contributed by atoms with Gasteiger partial charge in [0, 0.05) is 12.8 Å². The summed E-state index contributed by atoms with van der Waals surface area (Å²) >= 11 is 0. The van der Waals surface area contributed by atoms with Gasteiger partial charge >= 0.3 is 5.97 Å². The number of carbonyl (C=O) groups is 7. The molecule has 53 heavy (non-hydrogen) atoms. The lowest BCUT2D eigenvalue weighted by Crippen LogP contribution is -2.60. The first-order valence-corrected chi connectivity index (χ1v) is 17.1. The first-order valence-electron chi connectivity index (χ1n) is 17.1. The van der Waals surface area contributed by atoms with E-state index < -0.39 is 89.5 Å². The van der Waals surface area contributed by atoms with Gasteiger partial charge in [-0.15, -0.1) is 0 Å². The van der Waals surface area contributed by atoms with Crippen LogP contribution < -0.4 is 38.1 Å². The number of carbonyl (C=O) groups excluding carboxylic acids is 6. The molecule has 0 unspecified atom stereocenters. The van der Waals surface area contributed by atoms with Crippen LogP contribution in [-0.2, 0) is 46.4 Å². The summed E-state index contributed by atoms with van der Waals surface area (Å²) in [4.78, 5) is 90.2. The number of carboxylic acid groups (broad SMARTS) is 1. The van der Waals surface area contributed by atoms with Gasteiger partial charge in [-0.2, -0.15) is 0 Å². The molecule has 0 aliphatic carbocycles. The highest BCUT2D eigenvalue weighted by atomic mass is 16.4. The highest BCUT2D eigenvalue weighted by molar-refractivity contribution is 5.96. The number of carboxylic acids is 1. The maximum Gasteiger partial charge on any atom is 0.325 e. The maximum atomic E-state index is 13.8. The number of nitrogens with one attached hydrogen (secondary N) is 5. The van der Waals surface area contributed by atoms with Crippen molar-refractivity contribution in [3.8, 4) is 11.5 Å². The molecular weight excluding hydrogens is 690 g/mol. The Morgan fingerprint density at radius 2 is 1.00 bits per heavy atom. The number of aliphatic carboxylic acids is 1.